The number of nitrogens with one attached hydrogen (secondary N) is 2. The van der Waals surface area contributed by atoms with Gasteiger partial charge in [0.25, 0.3) is 0 Å². The molecule has 9 heteroatoms. The lowest BCUT2D eigenvalue weighted by Crippen LogP contribution is -1.98. The van der Waals surface area contributed by atoms with Crippen LogP contribution in [-0.2, 0) is 22.4 Å². The molecule has 9 nitrogen and oxygen atoms in total. The number of carboxylic acids is 2. The molecule has 8 bridgehead atoms. The van der Waals surface area contributed by atoms with Crippen LogP contribution in [0.4, 0.5) is 0 Å². The molecule has 6 aromatic rings. The Morgan fingerprint density at radius 2 is 1.40 bits per heavy atom. The Morgan fingerprint density at radius 3 is 2.02 bits per heavy atom. The summed E-state index contributed by atoms with van der Waals surface area (Å²) < 4.78 is 0. The number of allylic oxidation sites excluding steroid dienone is 2. The molecule has 45 heavy (non-hydrogen) atoms. The average Bonchev–Trinajstić information content (AvgIpc) is 3.70. The van der Waals surface area contributed by atoms with E-state index in [1.165, 1.54) is 0 Å². The van der Waals surface area contributed by atoms with Crippen molar-refractivity contribution < 1.29 is 19.8 Å². The summed E-state index contributed by atoms with van der Waals surface area (Å²) in [6.45, 7) is 8.24. The van der Waals surface area contributed by atoms with E-state index in [2.05, 4.69) is 34.9 Å². The van der Waals surface area contributed by atoms with Crippen LogP contribution in [0.25, 0.3) is 65.9 Å². The highest BCUT2D eigenvalue weighted by molar-refractivity contribution is 6.21. The summed E-state index contributed by atoms with van der Waals surface area (Å²) >= 11 is 0. The van der Waals surface area contributed by atoms with E-state index in [1.807, 2.05) is 44.2 Å². The number of aromatic nitrogens is 5. The van der Waals surface area contributed by atoms with Crippen LogP contribution in [0.15, 0.2) is 42.6 Å². The number of rotatable bonds is 7. The van der Waals surface area contributed by atoms with Crippen LogP contribution in [0.3, 0.4) is 0 Å². The van der Waals surface area contributed by atoms with Crippen LogP contribution in [0, 0.1) is 13.8 Å². The maximum Gasteiger partial charge on any atom is 0.303 e. The number of hydrogen-bond donors (Lipinski definition) is 4. The predicted molar refractivity (Wildman–Crippen MR) is 178 cm³/mol. The number of benzene rings is 1. The maximum atomic E-state index is 11.6. The molecule has 1 aromatic carbocycles. The fourth-order valence-corrected chi connectivity index (χ4v) is 6.86. The molecule has 7 rings (SSSR count). The zero-order valence-corrected chi connectivity index (χ0v) is 25.6. The first kappa shape index (κ1) is 28.5. The molecule has 0 spiro atoms. The van der Waals surface area contributed by atoms with Gasteiger partial charge in [-0.25, -0.2) is 9.97 Å². The van der Waals surface area contributed by atoms with Crippen molar-refractivity contribution >= 4 is 77.9 Å². The number of nitrogens with zero attached hydrogens (tertiary/aromatic N) is 3. The molecule has 0 saturated heterocycles. The molecule has 5 aromatic heterocycles. The number of carboxylic acid groups (broad SMARTS) is 2. The van der Waals surface area contributed by atoms with E-state index in [1.54, 1.807) is 6.20 Å². The highest BCUT2D eigenvalue weighted by Gasteiger charge is 2.21. The number of aromatic amines is 2. The first-order valence-electron chi connectivity index (χ1n) is 15.2. The number of aliphatic carboxylic acids is 2. The third kappa shape index (κ3) is 4.66. The van der Waals surface area contributed by atoms with Crippen LogP contribution in [0.5, 0.6) is 0 Å². The van der Waals surface area contributed by atoms with Crippen LogP contribution in [0.2, 0.25) is 0 Å². The van der Waals surface area contributed by atoms with Gasteiger partial charge in [-0.3, -0.25) is 14.6 Å². The quantitative estimate of drug-likeness (QED) is 0.147. The fourth-order valence-electron chi connectivity index (χ4n) is 6.86. The summed E-state index contributed by atoms with van der Waals surface area (Å²) in [4.78, 5) is 45.4. The minimum Gasteiger partial charge on any atom is -0.481 e. The van der Waals surface area contributed by atoms with Gasteiger partial charge in [0.1, 0.15) is 0 Å². The monoisotopic (exact) mass is 599 g/mol. The van der Waals surface area contributed by atoms with Crippen molar-refractivity contribution in [1.29, 1.82) is 0 Å². The summed E-state index contributed by atoms with van der Waals surface area (Å²) in [5, 5.41) is 22.0. The van der Waals surface area contributed by atoms with Gasteiger partial charge in [0, 0.05) is 57.3 Å². The van der Waals surface area contributed by atoms with Crippen molar-refractivity contribution in [1.82, 2.24) is 24.9 Å². The van der Waals surface area contributed by atoms with Gasteiger partial charge < -0.3 is 20.2 Å². The lowest BCUT2D eigenvalue weighted by atomic mass is 10.00. The summed E-state index contributed by atoms with van der Waals surface area (Å²) in [7, 11) is 0. The van der Waals surface area contributed by atoms with Crippen molar-refractivity contribution in [3.63, 3.8) is 0 Å². The van der Waals surface area contributed by atoms with E-state index in [-0.39, 0.29) is 12.8 Å². The largest absolute Gasteiger partial charge is 0.481 e. The van der Waals surface area contributed by atoms with E-state index in [0.29, 0.717) is 12.8 Å². The second-order valence-electron chi connectivity index (χ2n) is 11.8. The lowest BCUT2D eigenvalue weighted by Gasteiger charge is -2.04. The van der Waals surface area contributed by atoms with Crippen molar-refractivity contribution in [2.75, 3.05) is 0 Å². The maximum absolute atomic E-state index is 11.6. The number of carbonyl (C=O) groups is 2. The summed E-state index contributed by atoms with van der Waals surface area (Å²) in [5.74, 6) is -1.73. The van der Waals surface area contributed by atoms with Crippen LogP contribution < -0.4 is 0 Å². The van der Waals surface area contributed by atoms with Gasteiger partial charge in [-0.2, -0.15) is 0 Å². The molecular weight excluding hydrogens is 566 g/mol. The molecule has 0 amide bonds. The minimum absolute atomic E-state index is 0.00917. The Morgan fingerprint density at radius 1 is 0.756 bits per heavy atom. The van der Waals surface area contributed by atoms with E-state index in [0.717, 1.165) is 106 Å². The summed E-state index contributed by atoms with van der Waals surface area (Å²) in [6, 6.07) is 12.1. The van der Waals surface area contributed by atoms with E-state index in [4.69, 9.17) is 9.97 Å². The number of hydrogen-bond acceptors (Lipinski definition) is 5. The van der Waals surface area contributed by atoms with Gasteiger partial charge in [0.15, 0.2) is 0 Å². The third-order valence-corrected chi connectivity index (χ3v) is 9.28. The van der Waals surface area contributed by atoms with E-state index < -0.39 is 11.9 Å². The molecular formula is C36H33N5O4. The molecule has 6 heterocycles. The molecule has 0 fully saturated rings. The van der Waals surface area contributed by atoms with Gasteiger partial charge in [-0.15, -0.1) is 0 Å². The Kier molecular flexibility index (Phi) is 6.76. The first-order chi connectivity index (χ1) is 21.6. The van der Waals surface area contributed by atoms with Gasteiger partial charge in [0.05, 0.1) is 27.9 Å². The summed E-state index contributed by atoms with van der Waals surface area (Å²) in [6.07, 6.45) is 3.28. The normalized spacial score (nSPS) is 12.7. The van der Waals surface area contributed by atoms with Crippen molar-refractivity contribution in [2.24, 2.45) is 0 Å². The van der Waals surface area contributed by atoms with Crippen LogP contribution >= 0.6 is 0 Å². The third-order valence-electron chi connectivity index (χ3n) is 9.28. The standard InChI is InChI=1S/C36H33N5O4/c1-5-20-17(2)28-14-26-18(3)21(7-10-32(42)43)29(38-26)16-30-22(8-11-33(44)45)19(4)27(39-30)15-31-23-12-13-37-25-9-6-24(35(20)40-28)36(41-31)34(23)25/h6,9,12-16,38-39H,5,7-8,10-11H2,1-4H3,(H,42,43)(H,44,45). The fraction of sp³-hybridized carbons (Fsp3) is 0.250. The minimum atomic E-state index is -0.870. The average molecular weight is 600 g/mol. The summed E-state index contributed by atoms with van der Waals surface area (Å²) in [5.41, 5.74) is 13.5. The number of aryl methyl sites for hydroxylation is 4. The Balaban J connectivity index is 1.68. The lowest BCUT2D eigenvalue weighted by molar-refractivity contribution is -0.138. The van der Waals surface area contributed by atoms with Gasteiger partial charge >= 0.3 is 11.9 Å². The Bertz CT molecular complexity index is 2360. The molecule has 1 aliphatic rings. The van der Waals surface area contributed by atoms with E-state index in [9.17, 15) is 19.8 Å². The van der Waals surface area contributed by atoms with Crippen LogP contribution in [0.1, 0.15) is 66.8 Å². The van der Waals surface area contributed by atoms with Gasteiger partial charge in [0.2, 0.25) is 0 Å². The number of H-pyrrole nitrogens is 2. The first-order valence-corrected chi connectivity index (χ1v) is 15.2. The highest BCUT2D eigenvalue weighted by Crippen LogP contribution is 2.39. The van der Waals surface area contributed by atoms with Gasteiger partial charge in [-0.1, -0.05) is 6.92 Å². The molecule has 0 saturated carbocycles. The second kappa shape index (κ2) is 10.7. The molecule has 0 aliphatic carbocycles. The SMILES string of the molecule is CCC1=C(C)c2cc3[nH]c(cc4[nH]c(cc5nc6c(ccc7nccc5c76)c1n2)c(C)c4CCC(=O)O)c(CCC(=O)O)c3C. The zero-order chi connectivity index (χ0) is 31.6. The molecule has 226 valence electrons. The zero-order valence-electron chi connectivity index (χ0n) is 25.6. The topological polar surface area (TPSA) is 145 Å². The smallest absolute Gasteiger partial charge is 0.303 e. The Labute approximate surface area is 258 Å². The highest BCUT2D eigenvalue weighted by atomic mass is 16.4. The molecule has 1 aliphatic heterocycles. The molecule has 0 unspecified atom stereocenters. The molecule has 0 radical (unpaired) electrons. The number of fused-ring (bicyclic) bond motifs is 9. The number of pyridine rings is 1. The Hall–Kier alpha value is -5.31. The van der Waals surface area contributed by atoms with Gasteiger partial charge in [-0.05, 0) is 110 Å². The van der Waals surface area contributed by atoms with Crippen molar-refractivity contribution in [3.05, 3.63) is 76.2 Å². The van der Waals surface area contributed by atoms with Crippen molar-refractivity contribution in [3.8, 4) is 0 Å². The van der Waals surface area contributed by atoms with Crippen LogP contribution in [-0.4, -0.2) is 47.1 Å². The van der Waals surface area contributed by atoms with Crippen molar-refractivity contribution in [2.45, 2.75) is 59.8 Å². The van der Waals surface area contributed by atoms with E-state index >= 15 is 0 Å². The molecule has 4 N–H and O–H groups in total. The second-order valence-corrected chi connectivity index (χ2v) is 11.8. The predicted octanol–water partition coefficient (Wildman–Crippen LogP) is 7.72. The molecule has 0 atom stereocenters.